The first kappa shape index (κ1) is 17.4. The Balaban J connectivity index is 1.87. The van der Waals surface area contributed by atoms with Gasteiger partial charge in [0, 0.05) is 11.3 Å². The van der Waals surface area contributed by atoms with E-state index in [-0.39, 0.29) is 12.5 Å². The van der Waals surface area contributed by atoms with E-state index in [1.165, 1.54) is 0 Å². The van der Waals surface area contributed by atoms with Crippen LogP contribution in [0.3, 0.4) is 0 Å². The summed E-state index contributed by atoms with van der Waals surface area (Å²) in [4.78, 5) is 9.10. The molecule has 0 saturated heterocycles. The number of pyridine rings is 1. The molecule has 7 heteroatoms. The van der Waals surface area contributed by atoms with Gasteiger partial charge < -0.3 is 14.2 Å². The van der Waals surface area contributed by atoms with E-state index >= 15 is 0 Å². The van der Waals surface area contributed by atoms with Crippen LogP contribution in [0.2, 0.25) is 0 Å². The van der Waals surface area contributed by atoms with Gasteiger partial charge in [-0.2, -0.15) is 4.98 Å². The molecule has 0 aliphatic rings. The van der Waals surface area contributed by atoms with Crippen LogP contribution in [0, 0.1) is 0 Å². The first-order valence-electron chi connectivity index (χ1n) is 8.94. The number of aliphatic hydroxyl groups is 1. The monoisotopic (exact) mass is 364 g/mol. The van der Waals surface area contributed by atoms with Crippen LogP contribution < -0.4 is 0 Å². The molecule has 1 aromatic carbocycles. The Kier molecular flexibility index (Phi) is 4.45. The molecule has 3 heterocycles. The normalized spacial score (nSPS) is 11.6. The van der Waals surface area contributed by atoms with Crippen molar-refractivity contribution in [3.8, 4) is 22.8 Å². The molecular weight excluding hydrogens is 344 g/mol. The van der Waals surface area contributed by atoms with Gasteiger partial charge >= 0.3 is 0 Å². The van der Waals surface area contributed by atoms with Crippen LogP contribution in [0.15, 0.2) is 39.4 Å². The fourth-order valence-electron chi connectivity index (χ4n) is 3.03. The summed E-state index contributed by atoms with van der Waals surface area (Å²) in [5, 5.41) is 18.5. The molecule has 1 N–H and O–H groups in total. The quantitative estimate of drug-likeness (QED) is 0.569. The Bertz CT molecular complexity index is 1100. The maximum absolute atomic E-state index is 9.34. The van der Waals surface area contributed by atoms with Crippen LogP contribution >= 0.6 is 0 Å². The second kappa shape index (κ2) is 6.92. The lowest BCUT2D eigenvalue weighted by molar-refractivity contribution is 0.282. The SMILES string of the molecule is CCc1cc(-c2nc(-c3cccc(CO)c3)no2)c2c(C(C)C)noc2n1. The maximum atomic E-state index is 9.34. The van der Waals surface area contributed by atoms with Gasteiger partial charge in [-0.3, -0.25) is 0 Å². The summed E-state index contributed by atoms with van der Waals surface area (Å²) in [7, 11) is 0. The van der Waals surface area contributed by atoms with E-state index in [4.69, 9.17) is 9.05 Å². The Morgan fingerprint density at radius 3 is 2.67 bits per heavy atom. The zero-order valence-electron chi connectivity index (χ0n) is 15.4. The smallest absolute Gasteiger partial charge is 0.259 e. The van der Waals surface area contributed by atoms with E-state index in [0.717, 1.165) is 39.9 Å². The van der Waals surface area contributed by atoms with Gasteiger partial charge in [0.25, 0.3) is 11.6 Å². The summed E-state index contributed by atoms with van der Waals surface area (Å²) in [6.45, 7) is 6.09. The van der Waals surface area contributed by atoms with Crippen molar-refractivity contribution in [2.45, 2.75) is 39.7 Å². The topological polar surface area (TPSA) is 98.1 Å². The van der Waals surface area contributed by atoms with Crippen LogP contribution in [-0.4, -0.2) is 25.4 Å². The second-order valence-electron chi connectivity index (χ2n) is 6.70. The largest absolute Gasteiger partial charge is 0.392 e. The third-order valence-corrected chi connectivity index (χ3v) is 4.46. The molecule has 0 radical (unpaired) electrons. The van der Waals surface area contributed by atoms with Gasteiger partial charge in [-0.25, -0.2) is 4.98 Å². The van der Waals surface area contributed by atoms with Crippen LogP contribution in [-0.2, 0) is 13.0 Å². The van der Waals surface area contributed by atoms with Crippen molar-refractivity contribution in [1.29, 1.82) is 0 Å². The van der Waals surface area contributed by atoms with Crippen molar-refractivity contribution in [3.05, 3.63) is 47.3 Å². The summed E-state index contributed by atoms with van der Waals surface area (Å²) in [6.07, 6.45) is 0.750. The molecular formula is C20H20N4O3. The number of benzene rings is 1. The molecule has 0 amide bonds. The standard InChI is InChI=1S/C20H20N4O3/c1-4-14-9-15(16-17(11(2)3)23-27-20(16)21-14)19-22-18(24-26-19)13-7-5-6-12(8-13)10-25/h5-9,11,25H,4,10H2,1-3H3. The molecule has 0 aliphatic heterocycles. The Morgan fingerprint density at radius 2 is 1.93 bits per heavy atom. The van der Waals surface area contributed by atoms with Crippen molar-refractivity contribution < 1.29 is 14.2 Å². The van der Waals surface area contributed by atoms with Crippen LogP contribution in [0.4, 0.5) is 0 Å². The summed E-state index contributed by atoms with van der Waals surface area (Å²) in [6, 6.07) is 9.37. The molecule has 0 aliphatic carbocycles. The molecule has 0 spiro atoms. The van der Waals surface area contributed by atoms with Crippen LogP contribution in [0.5, 0.6) is 0 Å². The zero-order valence-corrected chi connectivity index (χ0v) is 15.4. The summed E-state index contributed by atoms with van der Waals surface area (Å²) in [5.41, 5.74) is 4.52. The van der Waals surface area contributed by atoms with Crippen molar-refractivity contribution in [1.82, 2.24) is 20.3 Å². The minimum atomic E-state index is -0.0399. The van der Waals surface area contributed by atoms with Gasteiger partial charge in [0.05, 0.1) is 23.3 Å². The summed E-state index contributed by atoms with van der Waals surface area (Å²) < 4.78 is 11.0. The molecule has 0 saturated carbocycles. The van der Waals surface area contributed by atoms with Gasteiger partial charge in [0.2, 0.25) is 5.82 Å². The van der Waals surface area contributed by atoms with Crippen molar-refractivity contribution >= 4 is 11.1 Å². The molecule has 3 aromatic heterocycles. The van der Waals surface area contributed by atoms with Gasteiger partial charge in [-0.05, 0) is 30.0 Å². The van der Waals surface area contributed by atoms with Gasteiger partial charge in [0.1, 0.15) is 0 Å². The van der Waals surface area contributed by atoms with Gasteiger partial charge in [-0.1, -0.05) is 49.3 Å². The number of nitrogens with zero attached hydrogens (tertiary/aromatic N) is 4. The zero-order chi connectivity index (χ0) is 19.0. The minimum Gasteiger partial charge on any atom is -0.392 e. The Labute approximate surface area is 156 Å². The van der Waals surface area contributed by atoms with E-state index < -0.39 is 0 Å². The second-order valence-corrected chi connectivity index (χ2v) is 6.70. The number of aliphatic hydroxyl groups excluding tert-OH is 1. The highest BCUT2D eigenvalue weighted by Crippen LogP contribution is 2.34. The predicted octanol–water partition coefficient (Wildman–Crippen LogP) is 4.12. The molecule has 0 bridgehead atoms. The summed E-state index contributed by atoms with van der Waals surface area (Å²) in [5.74, 6) is 1.03. The first-order valence-corrected chi connectivity index (χ1v) is 8.94. The highest BCUT2D eigenvalue weighted by atomic mass is 16.5. The minimum absolute atomic E-state index is 0.0399. The van der Waals surface area contributed by atoms with Crippen molar-refractivity contribution in [2.24, 2.45) is 0 Å². The average molecular weight is 364 g/mol. The summed E-state index contributed by atoms with van der Waals surface area (Å²) >= 11 is 0. The highest BCUT2D eigenvalue weighted by molar-refractivity contribution is 5.92. The molecule has 0 fully saturated rings. The number of hydrogen-bond acceptors (Lipinski definition) is 7. The lowest BCUT2D eigenvalue weighted by Gasteiger charge is -2.04. The predicted molar refractivity (Wildman–Crippen MR) is 99.9 cm³/mol. The lowest BCUT2D eigenvalue weighted by Crippen LogP contribution is -1.94. The molecule has 27 heavy (non-hydrogen) atoms. The third kappa shape index (κ3) is 3.10. The van der Waals surface area contributed by atoms with E-state index in [1.54, 1.807) is 0 Å². The number of rotatable bonds is 5. The Hall–Kier alpha value is -3.06. The van der Waals surface area contributed by atoms with E-state index in [2.05, 4.69) is 34.1 Å². The molecule has 7 nitrogen and oxygen atoms in total. The molecule has 0 atom stereocenters. The van der Waals surface area contributed by atoms with Crippen molar-refractivity contribution in [3.63, 3.8) is 0 Å². The molecule has 4 rings (SSSR count). The fourth-order valence-corrected chi connectivity index (χ4v) is 3.03. The van der Waals surface area contributed by atoms with Crippen LogP contribution in [0.25, 0.3) is 33.9 Å². The van der Waals surface area contributed by atoms with Gasteiger partial charge in [-0.15, -0.1) is 0 Å². The van der Waals surface area contributed by atoms with E-state index in [0.29, 0.717) is 17.4 Å². The average Bonchev–Trinajstić information content (AvgIpc) is 3.34. The van der Waals surface area contributed by atoms with Gasteiger partial charge in [0.15, 0.2) is 0 Å². The van der Waals surface area contributed by atoms with Crippen molar-refractivity contribution in [2.75, 3.05) is 0 Å². The van der Waals surface area contributed by atoms with E-state index in [9.17, 15) is 5.11 Å². The lowest BCUT2D eigenvalue weighted by atomic mass is 10.0. The molecule has 0 unspecified atom stereocenters. The number of aromatic nitrogens is 4. The fraction of sp³-hybridized carbons (Fsp3) is 0.300. The first-order chi connectivity index (χ1) is 13.1. The molecule has 4 aromatic rings. The molecule has 138 valence electrons. The highest BCUT2D eigenvalue weighted by Gasteiger charge is 2.22. The number of fused-ring (bicyclic) bond motifs is 1. The van der Waals surface area contributed by atoms with E-state index in [1.807, 2.05) is 37.3 Å². The number of aryl methyl sites for hydroxylation is 1. The Morgan fingerprint density at radius 1 is 1.07 bits per heavy atom. The van der Waals surface area contributed by atoms with Crippen LogP contribution in [0.1, 0.15) is 43.6 Å². The number of hydrogen-bond donors (Lipinski definition) is 1. The third-order valence-electron chi connectivity index (χ3n) is 4.46. The maximum Gasteiger partial charge on any atom is 0.259 e.